The predicted octanol–water partition coefficient (Wildman–Crippen LogP) is 3.09. The van der Waals surface area contributed by atoms with Crippen LogP contribution in [0, 0.1) is 0 Å². The van der Waals surface area contributed by atoms with Gasteiger partial charge in [-0.2, -0.15) is 0 Å². The summed E-state index contributed by atoms with van der Waals surface area (Å²) in [6, 6.07) is 12.9. The summed E-state index contributed by atoms with van der Waals surface area (Å²) in [7, 11) is 1.56. The number of carbonyl (C=O) groups excluding carboxylic acids is 2. The second-order valence-electron chi connectivity index (χ2n) is 4.37. The molecule has 0 amide bonds. The fourth-order valence-electron chi connectivity index (χ4n) is 1.80. The molecule has 5 heteroatoms. The molecule has 0 atom stereocenters. The Morgan fingerprint density at radius 2 is 1.50 bits per heavy atom. The summed E-state index contributed by atoms with van der Waals surface area (Å²) >= 11 is 0. The molecule has 114 valence electrons. The largest absolute Gasteiger partial charge is 0.497 e. The molecule has 0 saturated carbocycles. The maximum Gasteiger partial charge on any atom is 0.343 e. The molecule has 2 rings (SSSR count). The summed E-state index contributed by atoms with van der Waals surface area (Å²) in [5.74, 6) is 0.0503. The zero-order valence-electron chi connectivity index (χ0n) is 12.4. The van der Waals surface area contributed by atoms with Crippen molar-refractivity contribution in [3.05, 3.63) is 59.7 Å². The summed E-state index contributed by atoms with van der Waals surface area (Å²) in [6.07, 6.45) is 0. The molecule has 2 aromatic carbocycles. The first-order valence-electron chi connectivity index (χ1n) is 6.77. The zero-order chi connectivity index (χ0) is 15.9. The lowest BCUT2D eigenvalue weighted by molar-refractivity contribution is 0.0526. The van der Waals surface area contributed by atoms with Crippen LogP contribution in [0.2, 0.25) is 0 Å². The highest BCUT2D eigenvalue weighted by molar-refractivity contribution is 5.96. The van der Waals surface area contributed by atoms with E-state index in [4.69, 9.17) is 14.2 Å². The molecule has 0 aromatic heterocycles. The predicted molar refractivity (Wildman–Crippen MR) is 80.4 cm³/mol. The minimum absolute atomic E-state index is 0.277. The standard InChI is InChI=1S/C17H16O5/c1-3-21-16(18)12-5-4-6-13(11-12)17(19)22-15-9-7-14(20-2)8-10-15/h4-11H,3H2,1-2H3. The topological polar surface area (TPSA) is 61.8 Å². The van der Waals surface area contributed by atoms with E-state index >= 15 is 0 Å². The van der Waals surface area contributed by atoms with Crippen LogP contribution in [0.15, 0.2) is 48.5 Å². The van der Waals surface area contributed by atoms with Gasteiger partial charge in [0.2, 0.25) is 0 Å². The van der Waals surface area contributed by atoms with Crippen LogP contribution < -0.4 is 9.47 Å². The van der Waals surface area contributed by atoms with Gasteiger partial charge in [0.05, 0.1) is 24.8 Å². The third kappa shape index (κ3) is 3.85. The Morgan fingerprint density at radius 1 is 0.909 bits per heavy atom. The lowest BCUT2D eigenvalue weighted by Crippen LogP contribution is -2.11. The van der Waals surface area contributed by atoms with Gasteiger partial charge in [0.1, 0.15) is 11.5 Å². The molecule has 0 aliphatic carbocycles. The van der Waals surface area contributed by atoms with Crippen LogP contribution in [0.1, 0.15) is 27.6 Å². The van der Waals surface area contributed by atoms with Crippen molar-refractivity contribution in [1.82, 2.24) is 0 Å². The molecule has 0 unspecified atom stereocenters. The molecular weight excluding hydrogens is 284 g/mol. The van der Waals surface area contributed by atoms with Crippen LogP contribution >= 0.6 is 0 Å². The summed E-state index contributed by atoms with van der Waals surface area (Å²) < 4.78 is 15.2. The molecule has 0 fully saturated rings. The lowest BCUT2D eigenvalue weighted by atomic mass is 10.1. The molecule has 0 saturated heterocycles. The zero-order valence-corrected chi connectivity index (χ0v) is 12.4. The van der Waals surface area contributed by atoms with Crippen LogP contribution in [0.25, 0.3) is 0 Å². The average molecular weight is 300 g/mol. The van der Waals surface area contributed by atoms with Gasteiger partial charge in [0, 0.05) is 0 Å². The fourth-order valence-corrected chi connectivity index (χ4v) is 1.80. The van der Waals surface area contributed by atoms with E-state index in [2.05, 4.69) is 0 Å². The van der Waals surface area contributed by atoms with Crippen LogP contribution in [-0.4, -0.2) is 25.7 Å². The van der Waals surface area contributed by atoms with Crippen LogP contribution in [-0.2, 0) is 4.74 Å². The molecule has 22 heavy (non-hydrogen) atoms. The Morgan fingerprint density at radius 3 is 2.09 bits per heavy atom. The average Bonchev–Trinajstić information content (AvgIpc) is 2.56. The van der Waals surface area contributed by atoms with Gasteiger partial charge in [0.25, 0.3) is 0 Å². The molecule has 2 aromatic rings. The van der Waals surface area contributed by atoms with E-state index in [1.54, 1.807) is 56.5 Å². The third-order valence-electron chi connectivity index (χ3n) is 2.88. The summed E-state index contributed by atoms with van der Waals surface area (Å²) in [5, 5.41) is 0. The Kier molecular flexibility index (Phi) is 5.14. The Bertz CT molecular complexity index is 661. The highest BCUT2D eigenvalue weighted by Gasteiger charge is 2.13. The first-order chi connectivity index (χ1) is 10.6. The SMILES string of the molecule is CCOC(=O)c1cccc(C(=O)Oc2ccc(OC)cc2)c1. The smallest absolute Gasteiger partial charge is 0.343 e. The molecule has 0 radical (unpaired) electrons. The third-order valence-corrected chi connectivity index (χ3v) is 2.88. The van der Waals surface area contributed by atoms with Crippen LogP contribution in [0.5, 0.6) is 11.5 Å². The van der Waals surface area contributed by atoms with Crippen molar-refractivity contribution >= 4 is 11.9 Å². The van der Waals surface area contributed by atoms with Crippen molar-refractivity contribution in [2.24, 2.45) is 0 Å². The Labute approximate surface area is 128 Å². The van der Waals surface area contributed by atoms with E-state index in [0.717, 1.165) is 0 Å². The molecule has 0 aliphatic rings. The van der Waals surface area contributed by atoms with E-state index < -0.39 is 11.9 Å². The van der Waals surface area contributed by atoms with E-state index in [1.807, 2.05) is 0 Å². The number of benzene rings is 2. The summed E-state index contributed by atoms with van der Waals surface area (Å²) in [4.78, 5) is 23.8. The van der Waals surface area contributed by atoms with Gasteiger partial charge >= 0.3 is 11.9 Å². The highest BCUT2D eigenvalue weighted by atomic mass is 16.5. The van der Waals surface area contributed by atoms with Crippen LogP contribution in [0.3, 0.4) is 0 Å². The molecular formula is C17H16O5. The number of hydrogen-bond acceptors (Lipinski definition) is 5. The summed E-state index contributed by atoms with van der Waals surface area (Å²) in [5.41, 5.74) is 0.590. The van der Waals surface area contributed by atoms with E-state index in [9.17, 15) is 9.59 Å². The van der Waals surface area contributed by atoms with Crippen molar-refractivity contribution in [1.29, 1.82) is 0 Å². The minimum Gasteiger partial charge on any atom is -0.497 e. The Hall–Kier alpha value is -2.82. The van der Waals surface area contributed by atoms with Crippen molar-refractivity contribution in [3.8, 4) is 11.5 Å². The molecule has 0 N–H and O–H groups in total. The minimum atomic E-state index is -0.545. The van der Waals surface area contributed by atoms with Gasteiger partial charge in [0.15, 0.2) is 0 Å². The van der Waals surface area contributed by atoms with Gasteiger partial charge in [-0.3, -0.25) is 0 Å². The van der Waals surface area contributed by atoms with Crippen molar-refractivity contribution in [3.63, 3.8) is 0 Å². The van der Waals surface area contributed by atoms with E-state index in [0.29, 0.717) is 17.1 Å². The second kappa shape index (κ2) is 7.26. The number of methoxy groups -OCH3 is 1. The number of esters is 2. The Balaban J connectivity index is 2.11. The highest BCUT2D eigenvalue weighted by Crippen LogP contribution is 2.18. The van der Waals surface area contributed by atoms with Crippen molar-refractivity contribution in [2.75, 3.05) is 13.7 Å². The normalized spacial score (nSPS) is 9.91. The van der Waals surface area contributed by atoms with Gasteiger partial charge in [-0.15, -0.1) is 0 Å². The van der Waals surface area contributed by atoms with Gasteiger partial charge < -0.3 is 14.2 Å². The monoisotopic (exact) mass is 300 g/mol. The maximum absolute atomic E-state index is 12.1. The maximum atomic E-state index is 12.1. The first kappa shape index (κ1) is 15.6. The van der Waals surface area contributed by atoms with E-state index in [1.165, 1.54) is 6.07 Å². The first-order valence-corrected chi connectivity index (χ1v) is 6.77. The van der Waals surface area contributed by atoms with Crippen LogP contribution in [0.4, 0.5) is 0 Å². The van der Waals surface area contributed by atoms with E-state index in [-0.39, 0.29) is 12.2 Å². The molecule has 0 heterocycles. The van der Waals surface area contributed by atoms with Gasteiger partial charge in [-0.1, -0.05) is 6.07 Å². The van der Waals surface area contributed by atoms with Gasteiger partial charge in [-0.25, -0.2) is 9.59 Å². The molecule has 0 aliphatic heterocycles. The van der Waals surface area contributed by atoms with Crippen molar-refractivity contribution in [2.45, 2.75) is 6.92 Å². The quantitative estimate of drug-likeness (QED) is 0.627. The number of rotatable bonds is 5. The summed E-state index contributed by atoms with van der Waals surface area (Å²) in [6.45, 7) is 2.00. The molecule has 5 nitrogen and oxygen atoms in total. The lowest BCUT2D eigenvalue weighted by Gasteiger charge is -2.07. The number of ether oxygens (including phenoxy) is 3. The fraction of sp³-hybridized carbons (Fsp3) is 0.176. The molecule has 0 bridgehead atoms. The van der Waals surface area contributed by atoms with Crippen molar-refractivity contribution < 1.29 is 23.8 Å². The second-order valence-corrected chi connectivity index (χ2v) is 4.37. The van der Waals surface area contributed by atoms with Gasteiger partial charge in [-0.05, 0) is 49.4 Å². The molecule has 0 spiro atoms. The number of carbonyl (C=O) groups is 2. The number of hydrogen-bond donors (Lipinski definition) is 0.